The van der Waals surface area contributed by atoms with Gasteiger partial charge in [0.1, 0.15) is 0 Å². The first kappa shape index (κ1) is 15.3. The largest absolute Gasteiger partial charge is 0.393 e. The molecule has 5 heteroatoms. The summed E-state index contributed by atoms with van der Waals surface area (Å²) >= 11 is 0. The first-order valence-corrected chi connectivity index (χ1v) is 7.75. The number of halogens is 2. The van der Waals surface area contributed by atoms with E-state index in [0.717, 1.165) is 24.5 Å². The molecule has 0 bridgehead atoms. The maximum Gasteiger partial charge on any atom is 0.389 e. The van der Waals surface area contributed by atoms with Crippen LogP contribution < -0.4 is 0 Å². The van der Waals surface area contributed by atoms with Gasteiger partial charge in [0.15, 0.2) is 11.6 Å². The molecule has 1 aromatic rings. The Bertz CT molecular complexity index is 353. The van der Waals surface area contributed by atoms with Crippen molar-refractivity contribution in [2.75, 3.05) is 13.2 Å². The van der Waals surface area contributed by atoms with Gasteiger partial charge < -0.3 is 8.85 Å². The Labute approximate surface area is 109 Å². The Morgan fingerprint density at radius 3 is 2.11 bits per heavy atom. The second-order valence-electron chi connectivity index (χ2n) is 3.99. The summed E-state index contributed by atoms with van der Waals surface area (Å²) in [5, 5.41) is 0. The van der Waals surface area contributed by atoms with Gasteiger partial charge in [0.05, 0.1) is 0 Å². The van der Waals surface area contributed by atoms with Crippen molar-refractivity contribution in [3.05, 3.63) is 35.4 Å². The lowest BCUT2D eigenvalue weighted by molar-refractivity contribution is 0.196. The van der Waals surface area contributed by atoms with E-state index in [4.69, 9.17) is 8.85 Å². The standard InChI is InChI=1S/C13H19F2O2Si/c1-3-7-16-18(17-8-4-2)10-11-5-6-12(14)13(15)9-11/h5-6,9H,3-4,7-8,10H2,1-2H3. The third kappa shape index (κ3) is 5.24. The lowest BCUT2D eigenvalue weighted by atomic mass is 10.2. The summed E-state index contributed by atoms with van der Waals surface area (Å²) in [7, 11) is -1.44. The van der Waals surface area contributed by atoms with E-state index < -0.39 is 20.9 Å². The first-order chi connectivity index (χ1) is 8.67. The maximum absolute atomic E-state index is 13.1. The molecule has 0 heterocycles. The highest BCUT2D eigenvalue weighted by molar-refractivity contribution is 6.43. The molecule has 0 spiro atoms. The fraction of sp³-hybridized carbons (Fsp3) is 0.538. The highest BCUT2D eigenvalue weighted by atomic mass is 28.3. The van der Waals surface area contributed by atoms with Gasteiger partial charge in [0, 0.05) is 19.3 Å². The number of rotatable bonds is 8. The van der Waals surface area contributed by atoms with Crippen LogP contribution in [0.25, 0.3) is 0 Å². The molecule has 0 fully saturated rings. The molecular formula is C13H19F2O2Si. The summed E-state index contributed by atoms with van der Waals surface area (Å²) in [4.78, 5) is 0. The molecule has 1 aromatic carbocycles. The van der Waals surface area contributed by atoms with E-state index in [0.29, 0.717) is 19.3 Å². The fourth-order valence-electron chi connectivity index (χ4n) is 1.39. The lowest BCUT2D eigenvalue weighted by Crippen LogP contribution is -2.27. The highest BCUT2D eigenvalue weighted by Crippen LogP contribution is 2.11. The van der Waals surface area contributed by atoms with Crippen molar-refractivity contribution in [1.82, 2.24) is 0 Å². The van der Waals surface area contributed by atoms with Crippen LogP contribution in [-0.2, 0) is 14.9 Å². The second kappa shape index (κ2) is 8.34. The number of hydrogen-bond donors (Lipinski definition) is 0. The summed E-state index contributed by atoms with van der Waals surface area (Å²) in [5.74, 6) is -1.64. The van der Waals surface area contributed by atoms with Crippen LogP contribution in [0.2, 0.25) is 0 Å². The molecule has 0 aliphatic rings. The normalized spacial score (nSPS) is 11.2. The van der Waals surface area contributed by atoms with Crippen LogP contribution in [0.3, 0.4) is 0 Å². The van der Waals surface area contributed by atoms with Gasteiger partial charge in [-0.1, -0.05) is 19.9 Å². The predicted molar refractivity (Wildman–Crippen MR) is 68.3 cm³/mol. The molecule has 101 valence electrons. The molecule has 0 atom stereocenters. The SMILES string of the molecule is CCCO[Si](Cc1ccc(F)c(F)c1)OCCC. The summed E-state index contributed by atoms with van der Waals surface area (Å²) in [5.41, 5.74) is 0.718. The molecule has 0 saturated carbocycles. The van der Waals surface area contributed by atoms with Gasteiger partial charge in [-0.05, 0) is 30.5 Å². The van der Waals surface area contributed by atoms with Gasteiger partial charge in [-0.2, -0.15) is 0 Å². The van der Waals surface area contributed by atoms with Crippen molar-refractivity contribution in [2.24, 2.45) is 0 Å². The van der Waals surface area contributed by atoms with Gasteiger partial charge >= 0.3 is 9.28 Å². The lowest BCUT2D eigenvalue weighted by Gasteiger charge is -2.14. The average molecular weight is 273 g/mol. The van der Waals surface area contributed by atoms with E-state index in [2.05, 4.69) is 0 Å². The molecule has 0 aliphatic heterocycles. The number of benzene rings is 1. The zero-order valence-electron chi connectivity index (χ0n) is 10.8. The molecule has 0 aliphatic carbocycles. The monoisotopic (exact) mass is 273 g/mol. The van der Waals surface area contributed by atoms with Gasteiger partial charge in [-0.25, -0.2) is 8.78 Å². The first-order valence-electron chi connectivity index (χ1n) is 6.22. The molecule has 0 amide bonds. The van der Waals surface area contributed by atoms with Gasteiger partial charge in [0.2, 0.25) is 0 Å². The minimum absolute atomic E-state index is 0.530. The Kier molecular flexibility index (Phi) is 7.08. The third-order valence-corrected chi connectivity index (χ3v) is 4.02. The summed E-state index contributed by atoms with van der Waals surface area (Å²) < 4.78 is 37.2. The zero-order chi connectivity index (χ0) is 13.4. The van der Waals surface area contributed by atoms with Crippen molar-refractivity contribution in [1.29, 1.82) is 0 Å². The van der Waals surface area contributed by atoms with E-state index in [9.17, 15) is 8.78 Å². The van der Waals surface area contributed by atoms with Crippen molar-refractivity contribution in [3.8, 4) is 0 Å². The molecule has 0 N–H and O–H groups in total. The number of hydrogen-bond acceptors (Lipinski definition) is 2. The van der Waals surface area contributed by atoms with E-state index in [1.807, 2.05) is 13.8 Å². The Morgan fingerprint density at radius 2 is 1.61 bits per heavy atom. The Hall–Kier alpha value is -0.783. The van der Waals surface area contributed by atoms with Crippen LogP contribution in [0.15, 0.2) is 18.2 Å². The van der Waals surface area contributed by atoms with Crippen LogP contribution >= 0.6 is 0 Å². The Balaban J connectivity index is 2.59. The molecule has 0 aromatic heterocycles. The van der Waals surface area contributed by atoms with Crippen LogP contribution in [-0.4, -0.2) is 22.5 Å². The van der Waals surface area contributed by atoms with Crippen LogP contribution in [0, 0.1) is 11.6 Å². The summed E-state index contributed by atoms with van der Waals surface area (Å²) in [6.07, 6.45) is 1.84. The molecule has 0 saturated heterocycles. The average Bonchev–Trinajstić information content (AvgIpc) is 2.37. The minimum Gasteiger partial charge on any atom is -0.393 e. The van der Waals surface area contributed by atoms with Gasteiger partial charge in [0.25, 0.3) is 0 Å². The van der Waals surface area contributed by atoms with Gasteiger partial charge in [-0.3, -0.25) is 0 Å². The van der Waals surface area contributed by atoms with E-state index in [1.54, 1.807) is 6.07 Å². The van der Waals surface area contributed by atoms with Crippen LogP contribution in [0.5, 0.6) is 0 Å². The summed E-state index contributed by atoms with van der Waals surface area (Å²) in [6.45, 7) is 5.33. The molecule has 1 radical (unpaired) electrons. The molecular weight excluding hydrogens is 254 g/mol. The minimum atomic E-state index is -1.44. The highest BCUT2D eigenvalue weighted by Gasteiger charge is 2.17. The molecule has 1 rings (SSSR count). The Morgan fingerprint density at radius 1 is 1.00 bits per heavy atom. The molecule has 0 unspecified atom stereocenters. The fourth-order valence-corrected chi connectivity index (χ4v) is 3.10. The van der Waals surface area contributed by atoms with E-state index >= 15 is 0 Å². The van der Waals surface area contributed by atoms with E-state index in [1.165, 1.54) is 6.07 Å². The molecule has 2 nitrogen and oxygen atoms in total. The maximum atomic E-state index is 13.1. The summed E-state index contributed by atoms with van der Waals surface area (Å²) in [6, 6.07) is 4.46. The predicted octanol–water partition coefficient (Wildman–Crippen LogP) is 3.39. The van der Waals surface area contributed by atoms with E-state index in [-0.39, 0.29) is 0 Å². The smallest absolute Gasteiger partial charge is 0.389 e. The second-order valence-corrected chi connectivity index (χ2v) is 5.67. The third-order valence-electron chi connectivity index (χ3n) is 2.27. The van der Waals surface area contributed by atoms with Crippen molar-refractivity contribution < 1.29 is 17.6 Å². The van der Waals surface area contributed by atoms with Crippen LogP contribution in [0.4, 0.5) is 8.78 Å². The zero-order valence-corrected chi connectivity index (χ0v) is 11.8. The van der Waals surface area contributed by atoms with Gasteiger partial charge in [-0.15, -0.1) is 0 Å². The van der Waals surface area contributed by atoms with Crippen molar-refractivity contribution in [2.45, 2.75) is 32.7 Å². The molecule has 18 heavy (non-hydrogen) atoms. The van der Waals surface area contributed by atoms with Crippen LogP contribution in [0.1, 0.15) is 32.3 Å². The van der Waals surface area contributed by atoms with Crippen molar-refractivity contribution in [3.63, 3.8) is 0 Å². The topological polar surface area (TPSA) is 18.5 Å². The quantitative estimate of drug-likeness (QED) is 0.676. The van der Waals surface area contributed by atoms with Crippen molar-refractivity contribution >= 4 is 9.28 Å².